The molecule has 0 fully saturated rings. The van der Waals surface area contributed by atoms with Gasteiger partial charge in [0.15, 0.2) is 0 Å². The minimum Gasteiger partial charge on any atom is -0.350 e. The van der Waals surface area contributed by atoms with Gasteiger partial charge in [-0.05, 0) is 18.2 Å². The zero-order valence-electron chi connectivity index (χ0n) is 8.68. The normalized spacial score (nSPS) is 10.0. The molecule has 2 rings (SSSR count). The number of rotatable bonds is 4. The number of carbonyl (C=O) groups excluding carboxylic acids is 1. The lowest BCUT2D eigenvalue weighted by atomic mass is 10.2. The van der Waals surface area contributed by atoms with Crippen LogP contribution in [0.1, 0.15) is 11.4 Å². The predicted octanol–water partition coefficient (Wildman–Crippen LogP) is 0.664. The van der Waals surface area contributed by atoms with Gasteiger partial charge in [0.2, 0.25) is 5.91 Å². The van der Waals surface area contributed by atoms with E-state index in [0.717, 1.165) is 11.4 Å². The van der Waals surface area contributed by atoms with Crippen molar-refractivity contribution in [3.63, 3.8) is 0 Å². The second-order valence-corrected chi connectivity index (χ2v) is 3.36. The Hall–Kier alpha value is -2.17. The van der Waals surface area contributed by atoms with Crippen LogP contribution >= 0.6 is 0 Å². The zero-order chi connectivity index (χ0) is 11.2. The van der Waals surface area contributed by atoms with Gasteiger partial charge in [0.25, 0.3) is 0 Å². The highest BCUT2D eigenvalue weighted by Crippen LogP contribution is 1.95. The summed E-state index contributed by atoms with van der Waals surface area (Å²) in [5, 5.41) is 9.35. The Labute approximate surface area is 92.9 Å². The van der Waals surface area contributed by atoms with E-state index in [9.17, 15) is 4.79 Å². The summed E-state index contributed by atoms with van der Waals surface area (Å²) < 4.78 is 0. The van der Waals surface area contributed by atoms with Crippen LogP contribution in [-0.4, -0.2) is 21.1 Å². The van der Waals surface area contributed by atoms with Crippen LogP contribution < -0.4 is 5.32 Å². The van der Waals surface area contributed by atoms with Crippen molar-refractivity contribution in [3.05, 3.63) is 48.0 Å². The molecule has 2 N–H and O–H groups in total. The van der Waals surface area contributed by atoms with Gasteiger partial charge in [-0.2, -0.15) is 5.10 Å². The minimum atomic E-state index is -0.0479. The molecule has 0 bridgehead atoms. The third-order valence-electron chi connectivity index (χ3n) is 2.10. The number of H-pyrrole nitrogens is 1. The summed E-state index contributed by atoms with van der Waals surface area (Å²) in [5.74, 6) is -0.0479. The van der Waals surface area contributed by atoms with E-state index in [1.54, 1.807) is 12.4 Å². The summed E-state index contributed by atoms with van der Waals surface area (Å²) in [6.45, 7) is 0.464. The number of aromatic nitrogens is 3. The monoisotopic (exact) mass is 216 g/mol. The molecule has 5 heteroatoms. The molecule has 82 valence electrons. The van der Waals surface area contributed by atoms with Gasteiger partial charge >= 0.3 is 0 Å². The number of aromatic amines is 1. The molecule has 5 nitrogen and oxygen atoms in total. The quantitative estimate of drug-likeness (QED) is 0.788. The first kappa shape index (κ1) is 10.4. The van der Waals surface area contributed by atoms with Gasteiger partial charge < -0.3 is 5.32 Å². The molecule has 0 aliphatic carbocycles. The first-order valence-electron chi connectivity index (χ1n) is 4.99. The molecule has 2 aromatic heterocycles. The predicted molar refractivity (Wildman–Crippen MR) is 58.4 cm³/mol. The third kappa shape index (κ3) is 2.91. The van der Waals surface area contributed by atoms with Gasteiger partial charge in [-0.25, -0.2) is 0 Å². The molecule has 0 aliphatic heterocycles. The van der Waals surface area contributed by atoms with E-state index in [1.807, 2.05) is 24.3 Å². The average Bonchev–Trinajstić information content (AvgIpc) is 2.81. The van der Waals surface area contributed by atoms with E-state index in [0.29, 0.717) is 13.0 Å². The van der Waals surface area contributed by atoms with Gasteiger partial charge in [0, 0.05) is 18.1 Å². The van der Waals surface area contributed by atoms with E-state index in [1.165, 1.54) is 0 Å². The van der Waals surface area contributed by atoms with Gasteiger partial charge in [-0.3, -0.25) is 14.9 Å². The lowest BCUT2D eigenvalue weighted by Crippen LogP contribution is -2.25. The number of hydrogen-bond acceptors (Lipinski definition) is 3. The van der Waals surface area contributed by atoms with E-state index in [-0.39, 0.29) is 5.91 Å². The minimum absolute atomic E-state index is 0.0479. The molecule has 16 heavy (non-hydrogen) atoms. The number of nitrogens with one attached hydrogen (secondary N) is 2. The van der Waals surface area contributed by atoms with Crippen LogP contribution in [0.3, 0.4) is 0 Å². The number of nitrogens with zero attached hydrogens (tertiary/aromatic N) is 2. The largest absolute Gasteiger partial charge is 0.350 e. The second-order valence-electron chi connectivity index (χ2n) is 3.36. The van der Waals surface area contributed by atoms with E-state index in [4.69, 9.17) is 0 Å². The van der Waals surface area contributed by atoms with Crippen molar-refractivity contribution in [1.29, 1.82) is 0 Å². The summed E-state index contributed by atoms with van der Waals surface area (Å²) in [5.41, 5.74) is 1.65. The first-order chi connectivity index (χ1) is 7.84. The summed E-state index contributed by atoms with van der Waals surface area (Å²) in [6, 6.07) is 7.34. The maximum absolute atomic E-state index is 11.5. The van der Waals surface area contributed by atoms with Crippen LogP contribution in [0.5, 0.6) is 0 Å². The van der Waals surface area contributed by atoms with Crippen LogP contribution in [-0.2, 0) is 17.8 Å². The molecule has 2 heterocycles. The van der Waals surface area contributed by atoms with Crippen molar-refractivity contribution < 1.29 is 4.79 Å². The maximum atomic E-state index is 11.5. The smallest absolute Gasteiger partial charge is 0.226 e. The summed E-state index contributed by atoms with van der Waals surface area (Å²) >= 11 is 0. The maximum Gasteiger partial charge on any atom is 0.226 e. The Morgan fingerprint density at radius 2 is 2.25 bits per heavy atom. The van der Waals surface area contributed by atoms with Crippen molar-refractivity contribution in [3.8, 4) is 0 Å². The van der Waals surface area contributed by atoms with Gasteiger partial charge in [0.1, 0.15) is 0 Å². The first-order valence-corrected chi connectivity index (χ1v) is 4.99. The molecule has 1 amide bonds. The zero-order valence-corrected chi connectivity index (χ0v) is 8.68. The van der Waals surface area contributed by atoms with Gasteiger partial charge in [-0.15, -0.1) is 0 Å². The topological polar surface area (TPSA) is 70.7 Å². The average molecular weight is 216 g/mol. The van der Waals surface area contributed by atoms with Crippen LogP contribution in [0, 0.1) is 0 Å². The molecule has 0 radical (unpaired) electrons. The molecule has 2 aromatic rings. The van der Waals surface area contributed by atoms with E-state index in [2.05, 4.69) is 20.5 Å². The molecule has 0 unspecified atom stereocenters. The Balaban J connectivity index is 1.81. The van der Waals surface area contributed by atoms with Crippen molar-refractivity contribution in [2.45, 2.75) is 13.0 Å². The molecule has 0 saturated heterocycles. The molecular weight excluding hydrogens is 204 g/mol. The lowest BCUT2D eigenvalue weighted by Gasteiger charge is -2.02. The Kier molecular flexibility index (Phi) is 3.28. The van der Waals surface area contributed by atoms with Crippen molar-refractivity contribution in [1.82, 2.24) is 20.5 Å². The Bertz CT molecular complexity index is 438. The fourth-order valence-electron chi connectivity index (χ4n) is 1.31. The highest BCUT2D eigenvalue weighted by Gasteiger charge is 2.03. The van der Waals surface area contributed by atoms with Crippen LogP contribution in [0.25, 0.3) is 0 Å². The van der Waals surface area contributed by atoms with Crippen molar-refractivity contribution >= 4 is 5.91 Å². The van der Waals surface area contributed by atoms with Crippen LogP contribution in [0.15, 0.2) is 36.7 Å². The fraction of sp³-hybridized carbons (Fsp3) is 0.182. The fourth-order valence-corrected chi connectivity index (χ4v) is 1.31. The molecule has 0 atom stereocenters. The molecule has 0 spiro atoms. The second kappa shape index (κ2) is 5.06. The van der Waals surface area contributed by atoms with Crippen LogP contribution in [0.4, 0.5) is 0 Å². The van der Waals surface area contributed by atoms with E-state index >= 15 is 0 Å². The summed E-state index contributed by atoms with van der Waals surface area (Å²) in [4.78, 5) is 15.6. The third-order valence-corrected chi connectivity index (χ3v) is 2.10. The molecular formula is C11H12N4O. The number of carbonyl (C=O) groups is 1. The number of amides is 1. The molecule has 0 saturated carbocycles. The lowest BCUT2D eigenvalue weighted by molar-refractivity contribution is -0.120. The summed E-state index contributed by atoms with van der Waals surface area (Å²) in [7, 11) is 0. The van der Waals surface area contributed by atoms with Crippen molar-refractivity contribution in [2.24, 2.45) is 0 Å². The van der Waals surface area contributed by atoms with Gasteiger partial charge in [0.05, 0.1) is 18.7 Å². The highest BCUT2D eigenvalue weighted by molar-refractivity contribution is 5.77. The van der Waals surface area contributed by atoms with Gasteiger partial charge in [-0.1, -0.05) is 6.07 Å². The van der Waals surface area contributed by atoms with Crippen LogP contribution in [0.2, 0.25) is 0 Å². The Morgan fingerprint density at radius 1 is 1.31 bits per heavy atom. The number of pyridine rings is 1. The molecule has 0 aliphatic rings. The summed E-state index contributed by atoms with van der Waals surface area (Å²) in [6.07, 6.45) is 3.63. The standard InChI is InChI=1S/C11H12N4O/c16-11(7-9-3-1-2-5-12-9)13-8-10-4-6-14-15-10/h1-6H,7-8H2,(H,13,16)(H,14,15). The van der Waals surface area contributed by atoms with Crippen molar-refractivity contribution in [2.75, 3.05) is 0 Å². The van der Waals surface area contributed by atoms with E-state index < -0.39 is 0 Å². The SMILES string of the molecule is O=C(Cc1ccccn1)NCc1ccn[nH]1. The number of hydrogen-bond donors (Lipinski definition) is 2. The Morgan fingerprint density at radius 3 is 2.94 bits per heavy atom. The molecule has 0 aromatic carbocycles. The highest BCUT2D eigenvalue weighted by atomic mass is 16.1.